The molecule has 2 N–H and O–H groups in total. The fourth-order valence-corrected chi connectivity index (χ4v) is 4.16. The second kappa shape index (κ2) is 10.8. The zero-order valence-corrected chi connectivity index (χ0v) is 19.8. The molecule has 0 aliphatic rings. The summed E-state index contributed by atoms with van der Waals surface area (Å²) in [5.74, 6) is 1.09. The first-order valence-electron chi connectivity index (χ1n) is 10.8. The molecule has 8 nitrogen and oxygen atoms in total. The number of aromatic nitrogens is 3. The van der Waals surface area contributed by atoms with Crippen molar-refractivity contribution in [3.05, 3.63) is 72.6 Å². The maximum atomic E-state index is 12.5. The summed E-state index contributed by atoms with van der Waals surface area (Å²) in [6.45, 7) is 2.50. The number of nitrogens with zero attached hydrogens (tertiary/aromatic N) is 3. The lowest BCUT2D eigenvalue weighted by molar-refractivity contribution is -0.116. The summed E-state index contributed by atoms with van der Waals surface area (Å²) in [6.07, 6.45) is 0.0689. The van der Waals surface area contributed by atoms with E-state index in [0.717, 1.165) is 22.2 Å². The van der Waals surface area contributed by atoms with Gasteiger partial charge in [-0.1, -0.05) is 48.2 Å². The Morgan fingerprint density at radius 2 is 1.71 bits per heavy atom. The molecular formula is C25H25N5O3S. The Bertz CT molecular complexity index is 1300. The Hall–Kier alpha value is -3.85. The van der Waals surface area contributed by atoms with Crippen LogP contribution in [0.2, 0.25) is 0 Å². The molecule has 0 bridgehead atoms. The van der Waals surface area contributed by atoms with Crippen molar-refractivity contribution >= 4 is 45.7 Å². The van der Waals surface area contributed by atoms with Gasteiger partial charge in [-0.3, -0.25) is 9.59 Å². The highest BCUT2D eigenvalue weighted by Gasteiger charge is 2.15. The molecular weight excluding hydrogens is 450 g/mol. The van der Waals surface area contributed by atoms with E-state index in [2.05, 4.69) is 20.8 Å². The van der Waals surface area contributed by atoms with Crippen LogP contribution in [-0.4, -0.2) is 38.9 Å². The van der Waals surface area contributed by atoms with Gasteiger partial charge in [-0.2, -0.15) is 0 Å². The summed E-state index contributed by atoms with van der Waals surface area (Å²) in [6, 6.07) is 20.9. The van der Waals surface area contributed by atoms with Crippen LogP contribution in [-0.2, 0) is 23.1 Å². The smallest absolute Gasteiger partial charge is 0.234 e. The largest absolute Gasteiger partial charge is 0.494 e. The number of thioether (sulfide) groups is 1. The monoisotopic (exact) mass is 475 g/mol. The zero-order valence-electron chi connectivity index (χ0n) is 18.9. The van der Waals surface area contributed by atoms with Gasteiger partial charge >= 0.3 is 0 Å². The molecule has 0 aliphatic heterocycles. The number of nitrogens with one attached hydrogen (secondary N) is 2. The summed E-state index contributed by atoms with van der Waals surface area (Å²) in [4.78, 5) is 25.0. The molecule has 0 saturated heterocycles. The third-order valence-electron chi connectivity index (χ3n) is 5.09. The molecule has 3 aromatic carbocycles. The Labute approximate surface area is 201 Å². The molecule has 0 atom stereocenters. The number of anilines is 2. The lowest BCUT2D eigenvalue weighted by Crippen LogP contribution is -2.17. The van der Waals surface area contributed by atoms with Crippen LogP contribution in [0.4, 0.5) is 11.4 Å². The zero-order chi connectivity index (χ0) is 23.9. The van der Waals surface area contributed by atoms with E-state index in [1.165, 1.54) is 11.8 Å². The topological polar surface area (TPSA) is 98.1 Å². The fraction of sp³-hybridized carbons (Fsp3) is 0.200. The molecule has 174 valence electrons. The number of carbonyl (C=O) groups is 2. The SMILES string of the molecule is CCOc1ccc(NC(=O)Cc2nnc(SCC(=O)Nc3cccc4ccccc34)n2C)cc1. The second-order valence-corrected chi connectivity index (χ2v) is 8.45. The van der Waals surface area contributed by atoms with Crippen LogP contribution < -0.4 is 15.4 Å². The van der Waals surface area contributed by atoms with Gasteiger partial charge < -0.3 is 19.9 Å². The first-order valence-corrected chi connectivity index (χ1v) is 11.8. The van der Waals surface area contributed by atoms with E-state index in [-0.39, 0.29) is 24.0 Å². The number of carbonyl (C=O) groups excluding carboxylic acids is 2. The van der Waals surface area contributed by atoms with E-state index in [1.807, 2.05) is 49.4 Å². The van der Waals surface area contributed by atoms with Gasteiger partial charge in [0.25, 0.3) is 0 Å². The average Bonchev–Trinajstić information content (AvgIpc) is 3.18. The molecule has 0 saturated carbocycles. The summed E-state index contributed by atoms with van der Waals surface area (Å²) >= 11 is 1.27. The maximum absolute atomic E-state index is 12.5. The Morgan fingerprint density at radius 3 is 2.50 bits per heavy atom. The van der Waals surface area contributed by atoms with Crippen molar-refractivity contribution in [2.45, 2.75) is 18.5 Å². The summed E-state index contributed by atoms with van der Waals surface area (Å²) in [7, 11) is 1.78. The number of fused-ring (bicyclic) bond motifs is 1. The molecule has 1 heterocycles. The molecule has 9 heteroatoms. The molecule has 0 unspecified atom stereocenters. The van der Waals surface area contributed by atoms with Crippen LogP contribution in [0.3, 0.4) is 0 Å². The molecule has 0 spiro atoms. The Balaban J connectivity index is 1.31. The van der Waals surface area contributed by atoms with Crippen LogP contribution in [0.25, 0.3) is 10.8 Å². The van der Waals surface area contributed by atoms with E-state index < -0.39 is 0 Å². The van der Waals surface area contributed by atoms with Gasteiger partial charge in [0, 0.05) is 23.8 Å². The van der Waals surface area contributed by atoms with E-state index in [0.29, 0.717) is 23.3 Å². The van der Waals surface area contributed by atoms with Gasteiger partial charge in [0.05, 0.1) is 18.8 Å². The summed E-state index contributed by atoms with van der Waals surface area (Å²) in [5, 5.41) is 16.7. The van der Waals surface area contributed by atoms with Crippen molar-refractivity contribution in [2.75, 3.05) is 23.0 Å². The van der Waals surface area contributed by atoms with Crippen LogP contribution in [0.5, 0.6) is 5.75 Å². The van der Waals surface area contributed by atoms with E-state index in [4.69, 9.17) is 4.74 Å². The Morgan fingerprint density at radius 1 is 0.941 bits per heavy atom. The predicted octanol–water partition coefficient (Wildman–Crippen LogP) is 4.28. The van der Waals surface area contributed by atoms with Crippen molar-refractivity contribution in [3.8, 4) is 5.75 Å². The van der Waals surface area contributed by atoms with Gasteiger partial charge in [0.2, 0.25) is 11.8 Å². The van der Waals surface area contributed by atoms with Gasteiger partial charge in [-0.05, 0) is 42.6 Å². The van der Waals surface area contributed by atoms with Crippen molar-refractivity contribution in [2.24, 2.45) is 7.05 Å². The molecule has 0 fully saturated rings. The van der Waals surface area contributed by atoms with Gasteiger partial charge in [0.15, 0.2) is 5.16 Å². The molecule has 4 rings (SSSR count). The number of amides is 2. The van der Waals surface area contributed by atoms with Gasteiger partial charge in [0.1, 0.15) is 11.6 Å². The summed E-state index contributed by atoms with van der Waals surface area (Å²) < 4.78 is 7.14. The van der Waals surface area contributed by atoms with E-state index in [9.17, 15) is 9.59 Å². The molecule has 0 aliphatic carbocycles. The lowest BCUT2D eigenvalue weighted by Gasteiger charge is -2.09. The normalized spacial score (nSPS) is 10.8. The van der Waals surface area contributed by atoms with Crippen molar-refractivity contribution in [1.29, 1.82) is 0 Å². The predicted molar refractivity (Wildman–Crippen MR) is 134 cm³/mol. The molecule has 2 amide bonds. The number of benzene rings is 3. The average molecular weight is 476 g/mol. The maximum Gasteiger partial charge on any atom is 0.234 e. The van der Waals surface area contributed by atoms with Crippen molar-refractivity contribution < 1.29 is 14.3 Å². The van der Waals surface area contributed by atoms with Crippen LogP contribution in [0.1, 0.15) is 12.7 Å². The van der Waals surface area contributed by atoms with Crippen LogP contribution in [0, 0.1) is 0 Å². The fourth-order valence-electron chi connectivity index (χ4n) is 3.43. The van der Waals surface area contributed by atoms with E-state index in [1.54, 1.807) is 35.9 Å². The first kappa shape index (κ1) is 23.3. The van der Waals surface area contributed by atoms with Crippen LogP contribution in [0.15, 0.2) is 71.9 Å². The van der Waals surface area contributed by atoms with Gasteiger partial charge in [-0.25, -0.2) is 0 Å². The number of hydrogen-bond acceptors (Lipinski definition) is 6. The summed E-state index contributed by atoms with van der Waals surface area (Å²) in [5.41, 5.74) is 1.45. The van der Waals surface area contributed by atoms with Crippen molar-refractivity contribution in [1.82, 2.24) is 14.8 Å². The van der Waals surface area contributed by atoms with Gasteiger partial charge in [-0.15, -0.1) is 10.2 Å². The van der Waals surface area contributed by atoms with E-state index >= 15 is 0 Å². The minimum Gasteiger partial charge on any atom is -0.494 e. The quantitative estimate of drug-likeness (QED) is 0.351. The molecule has 0 radical (unpaired) electrons. The highest BCUT2D eigenvalue weighted by molar-refractivity contribution is 7.99. The van der Waals surface area contributed by atoms with Crippen LogP contribution >= 0.6 is 11.8 Å². The van der Waals surface area contributed by atoms with Crippen molar-refractivity contribution in [3.63, 3.8) is 0 Å². The third-order valence-corrected chi connectivity index (χ3v) is 6.11. The number of ether oxygens (including phenoxy) is 1. The second-order valence-electron chi connectivity index (χ2n) is 7.50. The minimum atomic E-state index is -0.204. The highest BCUT2D eigenvalue weighted by Crippen LogP contribution is 2.24. The minimum absolute atomic E-state index is 0.0689. The molecule has 4 aromatic rings. The standard InChI is InChI=1S/C25H25N5O3S/c1-3-33-19-13-11-18(12-14-19)26-23(31)15-22-28-29-25(30(22)2)34-16-24(32)27-21-10-6-8-17-7-4-5-9-20(17)21/h4-14H,3,15-16H2,1-2H3,(H,26,31)(H,27,32). The number of hydrogen-bond donors (Lipinski definition) is 2. The molecule has 34 heavy (non-hydrogen) atoms. The first-order chi connectivity index (χ1) is 16.5. The Kier molecular flexibility index (Phi) is 7.44. The molecule has 1 aromatic heterocycles. The number of rotatable bonds is 9. The highest BCUT2D eigenvalue weighted by atomic mass is 32.2. The lowest BCUT2D eigenvalue weighted by atomic mass is 10.1. The third kappa shape index (κ3) is 5.74.